The van der Waals surface area contributed by atoms with Crippen LogP contribution in [0.25, 0.3) is 0 Å². The fraction of sp³-hybridized carbons (Fsp3) is 0.786. The molecular weight excluding hydrogens is 270 g/mol. The van der Waals surface area contributed by atoms with Gasteiger partial charge in [0.05, 0.1) is 24.7 Å². The summed E-state index contributed by atoms with van der Waals surface area (Å²) in [6.07, 6.45) is 3.32. The van der Waals surface area contributed by atoms with Gasteiger partial charge in [0, 0.05) is 6.42 Å². The Morgan fingerprint density at radius 1 is 1.57 bits per heavy atom. The van der Waals surface area contributed by atoms with Crippen LogP contribution in [0.2, 0.25) is 0 Å². The van der Waals surface area contributed by atoms with Crippen LogP contribution in [0.3, 0.4) is 0 Å². The summed E-state index contributed by atoms with van der Waals surface area (Å²) in [7, 11) is 0. The quantitative estimate of drug-likeness (QED) is 0.747. The van der Waals surface area contributed by atoms with E-state index in [0.29, 0.717) is 6.54 Å². The SMILES string of the molecule is CCCC(C)(CO)NC(=O)NC1CCc2nc(C)nn2C1. The maximum Gasteiger partial charge on any atom is 0.315 e. The number of fused-ring (bicyclic) bond motifs is 1. The number of aromatic nitrogens is 3. The molecule has 0 fully saturated rings. The van der Waals surface area contributed by atoms with E-state index in [1.807, 2.05) is 25.5 Å². The smallest absolute Gasteiger partial charge is 0.315 e. The van der Waals surface area contributed by atoms with E-state index in [1.165, 1.54) is 0 Å². The van der Waals surface area contributed by atoms with Crippen LogP contribution in [0.5, 0.6) is 0 Å². The average Bonchev–Trinajstić information content (AvgIpc) is 2.78. The molecule has 7 nitrogen and oxygen atoms in total. The fourth-order valence-corrected chi connectivity index (χ4v) is 2.78. The lowest BCUT2D eigenvalue weighted by Crippen LogP contribution is -2.55. The molecule has 0 aliphatic carbocycles. The molecule has 1 aliphatic rings. The van der Waals surface area contributed by atoms with E-state index in [2.05, 4.69) is 20.7 Å². The minimum Gasteiger partial charge on any atom is -0.394 e. The van der Waals surface area contributed by atoms with Crippen molar-refractivity contribution in [2.75, 3.05) is 6.61 Å². The molecule has 2 heterocycles. The Balaban J connectivity index is 1.89. The zero-order chi connectivity index (χ0) is 15.5. The van der Waals surface area contributed by atoms with Gasteiger partial charge in [-0.05, 0) is 26.7 Å². The topological polar surface area (TPSA) is 92.1 Å². The molecular formula is C14H25N5O2. The zero-order valence-corrected chi connectivity index (χ0v) is 13.0. The number of aryl methyl sites for hydroxylation is 2. The highest BCUT2D eigenvalue weighted by Crippen LogP contribution is 2.14. The molecule has 0 saturated carbocycles. The van der Waals surface area contributed by atoms with Gasteiger partial charge in [-0.15, -0.1) is 0 Å². The fourth-order valence-electron chi connectivity index (χ4n) is 2.78. The summed E-state index contributed by atoms with van der Waals surface area (Å²) in [5.41, 5.74) is -0.567. The summed E-state index contributed by atoms with van der Waals surface area (Å²) >= 11 is 0. The number of hydrogen-bond donors (Lipinski definition) is 3. The third-order valence-corrected chi connectivity index (χ3v) is 3.87. The van der Waals surface area contributed by atoms with Gasteiger partial charge in [-0.2, -0.15) is 5.10 Å². The van der Waals surface area contributed by atoms with E-state index in [4.69, 9.17) is 0 Å². The standard InChI is InChI=1S/C14H25N5O2/c1-4-7-14(3,9-20)17-13(21)16-11-5-6-12-15-10(2)18-19(12)8-11/h11,20H,4-9H2,1-3H3,(H2,16,17,21). The number of hydrogen-bond acceptors (Lipinski definition) is 4. The lowest BCUT2D eigenvalue weighted by molar-refractivity contribution is 0.161. The van der Waals surface area contributed by atoms with Crippen LogP contribution in [0, 0.1) is 6.92 Å². The van der Waals surface area contributed by atoms with Gasteiger partial charge in [0.1, 0.15) is 11.6 Å². The Kier molecular flexibility index (Phi) is 4.82. The molecule has 0 spiro atoms. The predicted molar refractivity (Wildman–Crippen MR) is 78.9 cm³/mol. The second-order valence-electron chi connectivity index (χ2n) is 6.06. The second kappa shape index (κ2) is 6.43. The molecule has 1 aliphatic heterocycles. The number of rotatable bonds is 5. The largest absolute Gasteiger partial charge is 0.394 e. The van der Waals surface area contributed by atoms with Crippen LogP contribution in [0.4, 0.5) is 4.79 Å². The molecule has 2 atom stereocenters. The van der Waals surface area contributed by atoms with Crippen molar-refractivity contribution in [2.24, 2.45) is 0 Å². The Morgan fingerprint density at radius 2 is 2.33 bits per heavy atom. The van der Waals surface area contributed by atoms with Crippen molar-refractivity contribution in [3.8, 4) is 0 Å². The minimum absolute atomic E-state index is 0.0446. The highest BCUT2D eigenvalue weighted by molar-refractivity contribution is 5.75. The predicted octanol–water partition coefficient (Wildman–Crippen LogP) is 0.752. The number of aliphatic hydroxyl groups is 1. The lowest BCUT2D eigenvalue weighted by atomic mass is 9.97. The van der Waals surface area contributed by atoms with E-state index >= 15 is 0 Å². The molecule has 3 N–H and O–H groups in total. The van der Waals surface area contributed by atoms with Crippen LogP contribution in [-0.2, 0) is 13.0 Å². The van der Waals surface area contributed by atoms with Gasteiger partial charge in [0.25, 0.3) is 0 Å². The van der Waals surface area contributed by atoms with Crippen molar-refractivity contribution >= 4 is 6.03 Å². The summed E-state index contributed by atoms with van der Waals surface area (Å²) in [5, 5.41) is 19.6. The Hall–Kier alpha value is -1.63. The van der Waals surface area contributed by atoms with Crippen molar-refractivity contribution in [1.29, 1.82) is 0 Å². The maximum atomic E-state index is 12.1. The second-order valence-corrected chi connectivity index (χ2v) is 6.06. The molecule has 0 radical (unpaired) electrons. The van der Waals surface area contributed by atoms with Crippen molar-refractivity contribution in [3.63, 3.8) is 0 Å². The summed E-state index contributed by atoms with van der Waals surface area (Å²) in [5.74, 6) is 1.75. The van der Waals surface area contributed by atoms with Gasteiger partial charge in [0.15, 0.2) is 0 Å². The monoisotopic (exact) mass is 295 g/mol. The molecule has 0 bridgehead atoms. The first-order valence-electron chi connectivity index (χ1n) is 7.55. The molecule has 0 aromatic carbocycles. The van der Waals surface area contributed by atoms with Gasteiger partial charge in [0.2, 0.25) is 0 Å². The first-order chi connectivity index (χ1) is 9.95. The molecule has 1 aromatic heterocycles. The van der Waals surface area contributed by atoms with Crippen LogP contribution >= 0.6 is 0 Å². The highest BCUT2D eigenvalue weighted by atomic mass is 16.3. The van der Waals surface area contributed by atoms with E-state index in [9.17, 15) is 9.90 Å². The van der Waals surface area contributed by atoms with Crippen molar-refractivity contribution < 1.29 is 9.90 Å². The molecule has 2 amide bonds. The van der Waals surface area contributed by atoms with Crippen molar-refractivity contribution in [2.45, 2.75) is 64.6 Å². The maximum absolute atomic E-state index is 12.1. The van der Waals surface area contributed by atoms with Gasteiger partial charge in [-0.25, -0.2) is 14.5 Å². The first-order valence-corrected chi connectivity index (χ1v) is 7.55. The molecule has 1 aromatic rings. The van der Waals surface area contributed by atoms with Crippen LogP contribution in [0.1, 0.15) is 44.8 Å². The van der Waals surface area contributed by atoms with Gasteiger partial charge < -0.3 is 15.7 Å². The Morgan fingerprint density at radius 3 is 3.00 bits per heavy atom. The number of carbonyl (C=O) groups is 1. The molecule has 21 heavy (non-hydrogen) atoms. The number of amides is 2. The molecule has 2 unspecified atom stereocenters. The summed E-state index contributed by atoms with van der Waals surface area (Å²) in [4.78, 5) is 16.5. The van der Waals surface area contributed by atoms with Crippen LogP contribution in [0.15, 0.2) is 0 Å². The van der Waals surface area contributed by atoms with Gasteiger partial charge >= 0.3 is 6.03 Å². The van der Waals surface area contributed by atoms with E-state index in [1.54, 1.807) is 0 Å². The average molecular weight is 295 g/mol. The highest BCUT2D eigenvalue weighted by Gasteiger charge is 2.27. The normalized spacial score (nSPS) is 20.5. The van der Waals surface area contributed by atoms with E-state index in [0.717, 1.165) is 37.3 Å². The molecule has 2 rings (SSSR count). The van der Waals surface area contributed by atoms with Crippen LogP contribution < -0.4 is 10.6 Å². The van der Waals surface area contributed by atoms with E-state index in [-0.39, 0.29) is 18.7 Å². The Bertz CT molecular complexity index is 502. The molecule has 118 valence electrons. The van der Waals surface area contributed by atoms with Crippen LogP contribution in [-0.4, -0.2) is 44.1 Å². The van der Waals surface area contributed by atoms with E-state index < -0.39 is 5.54 Å². The molecule has 0 saturated heterocycles. The summed E-state index contributed by atoms with van der Waals surface area (Å²) in [6.45, 7) is 6.34. The number of carbonyl (C=O) groups excluding carboxylic acids is 1. The van der Waals surface area contributed by atoms with Crippen molar-refractivity contribution in [3.05, 3.63) is 11.6 Å². The Labute approximate surface area is 125 Å². The van der Waals surface area contributed by atoms with Gasteiger partial charge in [-0.3, -0.25) is 0 Å². The molecule has 7 heteroatoms. The van der Waals surface area contributed by atoms with Gasteiger partial charge in [-0.1, -0.05) is 13.3 Å². The lowest BCUT2D eigenvalue weighted by Gasteiger charge is -2.30. The number of nitrogens with zero attached hydrogens (tertiary/aromatic N) is 3. The third kappa shape index (κ3) is 3.93. The first kappa shape index (κ1) is 15.8. The minimum atomic E-state index is -0.567. The summed E-state index contributed by atoms with van der Waals surface area (Å²) < 4.78 is 1.86. The number of nitrogens with one attached hydrogen (secondary N) is 2. The summed E-state index contributed by atoms with van der Waals surface area (Å²) in [6, 6.07) is -0.187. The number of aliphatic hydroxyl groups excluding tert-OH is 1. The third-order valence-electron chi connectivity index (χ3n) is 3.87. The zero-order valence-electron chi connectivity index (χ0n) is 13.0. The van der Waals surface area contributed by atoms with Crippen molar-refractivity contribution in [1.82, 2.24) is 25.4 Å². The number of urea groups is 1.